The van der Waals surface area contributed by atoms with Gasteiger partial charge in [0.1, 0.15) is 0 Å². The molecule has 5 heteroatoms. The van der Waals surface area contributed by atoms with Crippen LogP contribution in [0.25, 0.3) is 83.9 Å². The van der Waals surface area contributed by atoms with Crippen LogP contribution in [0, 0.1) is 6.92 Å². The zero-order chi connectivity index (χ0) is 33.4. The largest absolute Gasteiger partial charge is 0.309 e. The molecule has 50 heavy (non-hydrogen) atoms. The Balaban J connectivity index is 1.33. The van der Waals surface area contributed by atoms with Crippen LogP contribution in [0.4, 0.5) is 0 Å². The first-order valence-corrected chi connectivity index (χ1v) is 16.7. The van der Waals surface area contributed by atoms with Gasteiger partial charge in [-0.1, -0.05) is 121 Å². The summed E-state index contributed by atoms with van der Waals surface area (Å²) in [5.74, 6) is 1.85. The van der Waals surface area contributed by atoms with Gasteiger partial charge in [0.25, 0.3) is 0 Å². The second kappa shape index (κ2) is 12.4. The van der Waals surface area contributed by atoms with Crippen LogP contribution in [0.1, 0.15) is 5.56 Å². The second-order valence-electron chi connectivity index (χ2n) is 12.5. The summed E-state index contributed by atoms with van der Waals surface area (Å²) in [7, 11) is 0. The van der Waals surface area contributed by atoms with Gasteiger partial charge in [-0.05, 0) is 71.6 Å². The van der Waals surface area contributed by atoms with Crippen molar-refractivity contribution >= 4 is 21.8 Å². The van der Waals surface area contributed by atoms with Crippen molar-refractivity contribution in [3.8, 4) is 62.1 Å². The molecule has 0 aliphatic carbocycles. The minimum atomic E-state index is 0.603. The van der Waals surface area contributed by atoms with Gasteiger partial charge in [-0.2, -0.15) is 0 Å². The van der Waals surface area contributed by atoms with Gasteiger partial charge in [-0.15, -0.1) is 0 Å². The number of aromatic nitrogens is 5. The van der Waals surface area contributed by atoms with E-state index in [1.807, 2.05) is 85.2 Å². The van der Waals surface area contributed by atoms with Gasteiger partial charge in [0, 0.05) is 39.9 Å². The van der Waals surface area contributed by atoms with Crippen LogP contribution < -0.4 is 0 Å². The van der Waals surface area contributed by atoms with Crippen LogP contribution in [0.5, 0.6) is 0 Å². The third kappa shape index (κ3) is 5.31. The zero-order valence-corrected chi connectivity index (χ0v) is 27.4. The Morgan fingerprint density at radius 2 is 0.980 bits per heavy atom. The molecule has 0 radical (unpaired) electrons. The Bertz CT molecular complexity index is 2590. The summed E-state index contributed by atoms with van der Waals surface area (Å²) in [5, 5.41) is 2.38. The molecule has 9 aromatic rings. The van der Waals surface area contributed by atoms with Crippen molar-refractivity contribution < 1.29 is 0 Å². The molecule has 3 heterocycles. The van der Waals surface area contributed by atoms with Crippen molar-refractivity contribution in [1.82, 2.24) is 24.5 Å². The summed E-state index contributed by atoms with van der Waals surface area (Å²) in [6, 6.07) is 55.0. The smallest absolute Gasteiger partial charge is 0.166 e. The molecule has 236 valence electrons. The van der Waals surface area contributed by atoms with Gasteiger partial charge in [-0.25, -0.2) is 15.0 Å². The predicted molar refractivity (Wildman–Crippen MR) is 204 cm³/mol. The Hall–Kier alpha value is -6.72. The molecule has 0 aliphatic heterocycles. The summed E-state index contributed by atoms with van der Waals surface area (Å²) in [6.07, 6.45) is 3.65. The number of rotatable bonds is 6. The van der Waals surface area contributed by atoms with E-state index in [1.165, 1.54) is 27.5 Å². The Kier molecular flexibility index (Phi) is 7.29. The molecular weight excluding hydrogens is 611 g/mol. The highest BCUT2D eigenvalue weighted by molar-refractivity contribution is 6.11. The van der Waals surface area contributed by atoms with E-state index in [4.69, 9.17) is 15.0 Å². The fourth-order valence-electron chi connectivity index (χ4n) is 6.80. The second-order valence-corrected chi connectivity index (χ2v) is 12.5. The van der Waals surface area contributed by atoms with Crippen LogP contribution >= 0.6 is 0 Å². The molecule has 0 amide bonds. The minimum absolute atomic E-state index is 0.603. The van der Waals surface area contributed by atoms with E-state index >= 15 is 0 Å². The lowest BCUT2D eigenvalue weighted by molar-refractivity contribution is 1.06. The molecule has 0 bridgehead atoms. The normalized spacial score (nSPS) is 11.3. The minimum Gasteiger partial charge on any atom is -0.309 e. The van der Waals surface area contributed by atoms with Gasteiger partial charge in [0.05, 0.1) is 16.7 Å². The van der Waals surface area contributed by atoms with Crippen molar-refractivity contribution in [3.05, 3.63) is 176 Å². The first kappa shape index (κ1) is 29.4. The van der Waals surface area contributed by atoms with Crippen LogP contribution in [0.15, 0.2) is 170 Å². The molecule has 0 N–H and O–H groups in total. The summed E-state index contributed by atoms with van der Waals surface area (Å²) >= 11 is 0. The van der Waals surface area contributed by atoms with E-state index in [1.54, 1.807) is 0 Å². The Morgan fingerprint density at radius 1 is 0.400 bits per heavy atom. The van der Waals surface area contributed by atoms with Gasteiger partial charge >= 0.3 is 0 Å². The predicted octanol–water partition coefficient (Wildman–Crippen LogP) is 11.0. The number of fused-ring (bicyclic) bond motifs is 3. The number of hydrogen-bond acceptors (Lipinski definition) is 4. The lowest BCUT2D eigenvalue weighted by Gasteiger charge is -2.16. The molecule has 0 atom stereocenters. The molecular formula is C45H31N5. The maximum atomic E-state index is 5.18. The van der Waals surface area contributed by atoms with Crippen LogP contribution in [-0.4, -0.2) is 24.5 Å². The summed E-state index contributed by atoms with van der Waals surface area (Å²) in [6.45, 7) is 2.14. The van der Waals surface area contributed by atoms with Gasteiger partial charge < -0.3 is 4.57 Å². The van der Waals surface area contributed by atoms with E-state index in [-0.39, 0.29) is 0 Å². The zero-order valence-electron chi connectivity index (χ0n) is 27.4. The molecule has 0 saturated heterocycles. The fourth-order valence-corrected chi connectivity index (χ4v) is 6.80. The molecule has 0 spiro atoms. The highest BCUT2D eigenvalue weighted by Gasteiger charge is 2.20. The average Bonchev–Trinajstić information content (AvgIpc) is 3.52. The summed E-state index contributed by atoms with van der Waals surface area (Å²) in [5.41, 5.74) is 11.7. The van der Waals surface area contributed by atoms with Gasteiger partial charge in [0.2, 0.25) is 0 Å². The maximum Gasteiger partial charge on any atom is 0.166 e. The van der Waals surface area contributed by atoms with E-state index in [0.29, 0.717) is 17.5 Å². The molecule has 9 rings (SSSR count). The molecule has 0 unspecified atom stereocenters. The molecule has 6 aromatic carbocycles. The Labute approximate surface area is 290 Å². The topological polar surface area (TPSA) is 56.5 Å². The number of aryl methyl sites for hydroxylation is 1. The van der Waals surface area contributed by atoms with E-state index < -0.39 is 0 Å². The SMILES string of the molecule is Cc1cccc(-c2ccc3c(c2)c2ccccc2n3-c2ccc(-c3ccncc3)cc2-c2nc(-c3ccccc3)nc(-c3ccccc3)n2)c1. The quantitative estimate of drug-likeness (QED) is 0.181. The number of para-hydroxylation sites is 1. The summed E-state index contributed by atoms with van der Waals surface area (Å²) in [4.78, 5) is 19.6. The number of nitrogens with zero attached hydrogens (tertiary/aromatic N) is 5. The van der Waals surface area contributed by atoms with Crippen molar-refractivity contribution in [2.45, 2.75) is 6.92 Å². The van der Waals surface area contributed by atoms with Crippen molar-refractivity contribution in [3.63, 3.8) is 0 Å². The van der Waals surface area contributed by atoms with E-state index in [0.717, 1.165) is 44.5 Å². The molecule has 5 nitrogen and oxygen atoms in total. The third-order valence-corrected chi connectivity index (χ3v) is 9.22. The first-order chi connectivity index (χ1) is 24.7. The van der Waals surface area contributed by atoms with E-state index in [9.17, 15) is 0 Å². The molecule has 0 fully saturated rings. The molecule has 0 aliphatic rings. The maximum absolute atomic E-state index is 5.18. The van der Waals surface area contributed by atoms with E-state index in [2.05, 4.69) is 101 Å². The summed E-state index contributed by atoms with van der Waals surface area (Å²) < 4.78 is 2.35. The van der Waals surface area contributed by atoms with Crippen molar-refractivity contribution in [2.75, 3.05) is 0 Å². The van der Waals surface area contributed by atoms with Crippen LogP contribution in [0.2, 0.25) is 0 Å². The van der Waals surface area contributed by atoms with Crippen molar-refractivity contribution in [2.24, 2.45) is 0 Å². The molecule has 0 saturated carbocycles. The van der Waals surface area contributed by atoms with Crippen LogP contribution in [-0.2, 0) is 0 Å². The number of benzene rings is 6. The highest BCUT2D eigenvalue weighted by Crippen LogP contribution is 2.39. The third-order valence-electron chi connectivity index (χ3n) is 9.22. The van der Waals surface area contributed by atoms with Crippen LogP contribution in [0.3, 0.4) is 0 Å². The van der Waals surface area contributed by atoms with Gasteiger partial charge in [0.15, 0.2) is 17.5 Å². The standard InChI is InChI=1S/C45H31N5/c1-30-11-10-16-34(27-30)36-20-21-41-38(28-36)37-17-8-9-18-40(37)50(41)42-22-19-35(31-23-25-46-26-24-31)29-39(42)45-48-43(32-12-4-2-5-13-32)47-44(49-45)33-14-6-3-7-15-33/h2-29H,1H3. The number of hydrogen-bond donors (Lipinski definition) is 0. The highest BCUT2D eigenvalue weighted by atomic mass is 15.1. The first-order valence-electron chi connectivity index (χ1n) is 16.7. The fraction of sp³-hybridized carbons (Fsp3) is 0.0222. The lowest BCUT2D eigenvalue weighted by Crippen LogP contribution is -2.04. The number of pyridine rings is 1. The monoisotopic (exact) mass is 641 g/mol. The van der Waals surface area contributed by atoms with Crippen molar-refractivity contribution in [1.29, 1.82) is 0 Å². The Morgan fingerprint density at radius 3 is 1.70 bits per heavy atom. The molecule has 3 aromatic heterocycles. The van der Waals surface area contributed by atoms with Gasteiger partial charge in [-0.3, -0.25) is 4.98 Å². The average molecular weight is 642 g/mol. The lowest BCUT2D eigenvalue weighted by atomic mass is 10.0.